The molecule has 1 aromatic carbocycles. The molecule has 1 aromatic rings. The van der Waals surface area contributed by atoms with E-state index in [2.05, 4.69) is 0 Å². The first kappa shape index (κ1) is 12.7. The number of rotatable bonds is 3. The summed E-state index contributed by atoms with van der Waals surface area (Å²) in [4.78, 5) is 25.7. The van der Waals surface area contributed by atoms with Crippen LogP contribution in [0.3, 0.4) is 0 Å². The predicted molar refractivity (Wildman–Crippen MR) is 69.8 cm³/mol. The minimum atomic E-state index is -0.0661. The Morgan fingerprint density at radius 2 is 2.33 bits per heavy atom. The van der Waals surface area contributed by atoms with E-state index in [1.807, 2.05) is 19.1 Å². The molecule has 5 heteroatoms. The first-order valence-corrected chi connectivity index (χ1v) is 6.63. The number of carbonyl (C=O) groups excluding carboxylic acids is 2. The highest BCUT2D eigenvalue weighted by molar-refractivity contribution is 8.00. The second kappa shape index (κ2) is 5.23. The monoisotopic (exact) mass is 260 g/mol. The van der Waals surface area contributed by atoms with Gasteiger partial charge in [0.2, 0.25) is 5.91 Å². The number of anilines is 1. The van der Waals surface area contributed by atoms with Crippen molar-refractivity contribution in [3.63, 3.8) is 0 Å². The van der Waals surface area contributed by atoms with E-state index < -0.39 is 0 Å². The van der Waals surface area contributed by atoms with Crippen LogP contribution < -0.4 is 4.90 Å². The van der Waals surface area contributed by atoms with Gasteiger partial charge in [-0.2, -0.15) is 5.26 Å². The molecule has 2 rings (SSSR count). The Balaban J connectivity index is 2.40. The highest BCUT2D eigenvalue weighted by Gasteiger charge is 2.25. The van der Waals surface area contributed by atoms with E-state index in [0.717, 1.165) is 10.6 Å². The van der Waals surface area contributed by atoms with Gasteiger partial charge >= 0.3 is 0 Å². The van der Waals surface area contributed by atoms with E-state index in [-0.39, 0.29) is 18.2 Å². The molecule has 1 aliphatic heterocycles. The van der Waals surface area contributed by atoms with Gasteiger partial charge in [0.05, 0.1) is 17.5 Å². The molecule has 0 saturated heterocycles. The predicted octanol–water partition coefficient (Wildman–Crippen LogP) is 2.24. The number of thioether (sulfide) groups is 1. The molecule has 92 valence electrons. The van der Waals surface area contributed by atoms with Gasteiger partial charge in [-0.1, -0.05) is 6.92 Å². The number of Topliss-reactive ketones (excluding diaryl/α,β-unsaturated/α-hetero) is 1. The maximum absolute atomic E-state index is 11.7. The Morgan fingerprint density at radius 1 is 1.56 bits per heavy atom. The average molecular weight is 260 g/mol. The van der Waals surface area contributed by atoms with Crippen LogP contribution in [0.15, 0.2) is 23.1 Å². The zero-order chi connectivity index (χ0) is 13.1. The molecule has 0 radical (unpaired) electrons. The summed E-state index contributed by atoms with van der Waals surface area (Å²) in [5, 5.41) is 8.74. The molecule has 1 aliphatic rings. The average Bonchev–Trinajstić information content (AvgIpc) is 2.40. The van der Waals surface area contributed by atoms with Crippen LogP contribution in [0.2, 0.25) is 0 Å². The van der Waals surface area contributed by atoms with Gasteiger partial charge in [-0.3, -0.25) is 14.5 Å². The minimum Gasteiger partial charge on any atom is -0.297 e. The van der Waals surface area contributed by atoms with E-state index >= 15 is 0 Å². The van der Waals surface area contributed by atoms with E-state index in [4.69, 9.17) is 5.26 Å². The van der Waals surface area contributed by atoms with Gasteiger partial charge in [-0.15, -0.1) is 11.8 Å². The Hall–Kier alpha value is -1.80. The third-order valence-electron chi connectivity index (χ3n) is 2.77. The van der Waals surface area contributed by atoms with Crippen molar-refractivity contribution >= 4 is 29.1 Å². The van der Waals surface area contributed by atoms with E-state index in [9.17, 15) is 9.59 Å². The molecular formula is C13H12N2O2S. The van der Waals surface area contributed by atoms with Crippen LogP contribution in [-0.4, -0.2) is 24.0 Å². The van der Waals surface area contributed by atoms with Crippen molar-refractivity contribution in [1.29, 1.82) is 5.26 Å². The number of nitrogens with zero attached hydrogens (tertiary/aromatic N) is 2. The highest BCUT2D eigenvalue weighted by Crippen LogP contribution is 2.35. The maximum Gasteiger partial charge on any atom is 0.238 e. The summed E-state index contributed by atoms with van der Waals surface area (Å²) in [5.74, 6) is 0.337. The Kier molecular flexibility index (Phi) is 3.68. The summed E-state index contributed by atoms with van der Waals surface area (Å²) in [5.41, 5.74) is 1.39. The molecule has 4 nitrogen and oxygen atoms in total. The lowest BCUT2D eigenvalue weighted by Crippen LogP contribution is -2.35. The molecule has 0 fully saturated rings. The largest absolute Gasteiger partial charge is 0.297 e. The first-order chi connectivity index (χ1) is 8.67. The van der Waals surface area contributed by atoms with Gasteiger partial charge < -0.3 is 0 Å². The Bertz CT molecular complexity index is 548. The van der Waals surface area contributed by atoms with Crippen LogP contribution in [0.5, 0.6) is 0 Å². The summed E-state index contributed by atoms with van der Waals surface area (Å²) in [6.45, 7) is 1.87. The SMILES string of the molecule is CCC(=O)c1ccc2c(c1)SCC(=O)N2CC#N. The summed E-state index contributed by atoms with van der Waals surface area (Å²) < 4.78 is 0. The van der Waals surface area contributed by atoms with Gasteiger partial charge in [-0.25, -0.2) is 0 Å². The van der Waals surface area contributed by atoms with Crippen molar-refractivity contribution in [2.45, 2.75) is 18.2 Å². The van der Waals surface area contributed by atoms with Crippen molar-refractivity contribution in [3.05, 3.63) is 23.8 Å². The molecule has 0 aromatic heterocycles. The number of ketones is 1. The summed E-state index contributed by atoms with van der Waals surface area (Å²) in [6.07, 6.45) is 0.463. The maximum atomic E-state index is 11.7. The number of fused-ring (bicyclic) bond motifs is 1. The Labute approximate surface area is 110 Å². The van der Waals surface area contributed by atoms with Crippen LogP contribution in [0.4, 0.5) is 5.69 Å². The molecule has 0 spiro atoms. The lowest BCUT2D eigenvalue weighted by atomic mass is 10.1. The van der Waals surface area contributed by atoms with Crippen molar-refractivity contribution in [2.24, 2.45) is 0 Å². The molecule has 0 unspecified atom stereocenters. The van der Waals surface area contributed by atoms with Gasteiger partial charge in [0.15, 0.2) is 5.78 Å². The molecule has 0 N–H and O–H groups in total. The molecule has 0 atom stereocenters. The van der Waals surface area contributed by atoms with Crippen LogP contribution in [0.1, 0.15) is 23.7 Å². The Morgan fingerprint density at radius 3 is 3.00 bits per heavy atom. The van der Waals surface area contributed by atoms with Crippen LogP contribution in [-0.2, 0) is 4.79 Å². The number of benzene rings is 1. The molecule has 0 aliphatic carbocycles. The second-order valence-corrected chi connectivity index (χ2v) is 4.90. The topological polar surface area (TPSA) is 61.2 Å². The normalized spacial score (nSPS) is 14.0. The van der Waals surface area contributed by atoms with Crippen molar-refractivity contribution in [3.8, 4) is 6.07 Å². The zero-order valence-corrected chi connectivity index (χ0v) is 10.8. The smallest absolute Gasteiger partial charge is 0.238 e. The molecule has 0 saturated carbocycles. The standard InChI is InChI=1S/C13H12N2O2S/c1-2-11(16)9-3-4-10-12(7-9)18-8-13(17)15(10)6-5-14/h3-4,7H,2,6,8H2,1H3. The zero-order valence-electron chi connectivity index (χ0n) is 9.97. The summed E-state index contributed by atoms with van der Waals surface area (Å²) in [7, 11) is 0. The fraction of sp³-hybridized carbons (Fsp3) is 0.308. The van der Waals surface area contributed by atoms with E-state index in [0.29, 0.717) is 17.7 Å². The van der Waals surface area contributed by atoms with Crippen molar-refractivity contribution in [2.75, 3.05) is 17.2 Å². The van der Waals surface area contributed by atoms with Gasteiger partial charge in [0.1, 0.15) is 6.54 Å². The molecule has 1 heterocycles. The number of amides is 1. The fourth-order valence-corrected chi connectivity index (χ4v) is 2.80. The molecule has 1 amide bonds. The second-order valence-electron chi connectivity index (χ2n) is 3.89. The van der Waals surface area contributed by atoms with Crippen LogP contribution in [0, 0.1) is 11.3 Å². The number of hydrogen-bond donors (Lipinski definition) is 0. The third-order valence-corrected chi connectivity index (χ3v) is 3.80. The van der Waals surface area contributed by atoms with Crippen molar-refractivity contribution in [1.82, 2.24) is 0 Å². The lowest BCUT2D eigenvalue weighted by Gasteiger charge is -2.27. The van der Waals surface area contributed by atoms with Gasteiger partial charge in [-0.05, 0) is 18.2 Å². The van der Waals surface area contributed by atoms with Gasteiger partial charge in [0.25, 0.3) is 0 Å². The van der Waals surface area contributed by atoms with Gasteiger partial charge in [0, 0.05) is 16.9 Å². The number of hydrogen-bond acceptors (Lipinski definition) is 4. The van der Waals surface area contributed by atoms with E-state index in [1.54, 1.807) is 12.1 Å². The molecule has 18 heavy (non-hydrogen) atoms. The summed E-state index contributed by atoms with van der Waals surface area (Å²) >= 11 is 1.42. The minimum absolute atomic E-state index is 0.0491. The lowest BCUT2D eigenvalue weighted by molar-refractivity contribution is -0.116. The van der Waals surface area contributed by atoms with Crippen LogP contribution in [0.25, 0.3) is 0 Å². The van der Waals surface area contributed by atoms with Crippen molar-refractivity contribution < 1.29 is 9.59 Å². The first-order valence-electron chi connectivity index (χ1n) is 5.64. The highest BCUT2D eigenvalue weighted by atomic mass is 32.2. The van der Waals surface area contributed by atoms with Crippen LogP contribution >= 0.6 is 11.8 Å². The number of carbonyl (C=O) groups is 2. The quantitative estimate of drug-likeness (QED) is 0.617. The molecular weight excluding hydrogens is 248 g/mol. The molecule has 0 bridgehead atoms. The third kappa shape index (κ3) is 2.24. The van der Waals surface area contributed by atoms with E-state index in [1.165, 1.54) is 16.7 Å². The fourth-order valence-electron chi connectivity index (χ4n) is 1.83. The summed E-state index contributed by atoms with van der Waals surface area (Å²) in [6, 6.07) is 7.26. The number of nitriles is 1.